The lowest BCUT2D eigenvalue weighted by molar-refractivity contribution is 0.378. The fourth-order valence-corrected chi connectivity index (χ4v) is 1.25. The zero-order valence-electron chi connectivity index (χ0n) is 7.56. The molecule has 1 rings (SSSR count). The Kier molecular flexibility index (Phi) is 3.83. The number of nitrogens with one attached hydrogen (secondary N) is 1. The molecule has 0 bridgehead atoms. The van der Waals surface area contributed by atoms with Crippen molar-refractivity contribution in [3.8, 4) is 0 Å². The smallest absolute Gasteiger partial charge is 0.128 e. The summed E-state index contributed by atoms with van der Waals surface area (Å²) in [5, 5.41) is 2.87. The molecular formula is C10H13F2N. The van der Waals surface area contributed by atoms with Gasteiger partial charge in [0.05, 0.1) is 6.04 Å². The summed E-state index contributed by atoms with van der Waals surface area (Å²) in [5.41, 5.74) is 0.395. The molecule has 0 spiro atoms. The average Bonchev–Trinajstić information content (AvgIpc) is 2.16. The van der Waals surface area contributed by atoms with Crippen molar-refractivity contribution in [2.24, 2.45) is 0 Å². The van der Waals surface area contributed by atoms with E-state index in [0.717, 1.165) is 0 Å². The Bertz CT molecular complexity index is 263. The first-order valence-corrected chi connectivity index (χ1v) is 4.33. The number of hydrogen-bond acceptors (Lipinski definition) is 1. The van der Waals surface area contributed by atoms with E-state index < -0.39 is 12.7 Å². The second-order valence-electron chi connectivity index (χ2n) is 2.79. The summed E-state index contributed by atoms with van der Waals surface area (Å²) in [6, 6.07) is 5.72. The molecule has 0 radical (unpaired) electrons. The zero-order valence-corrected chi connectivity index (χ0v) is 7.56. The van der Waals surface area contributed by atoms with E-state index in [1.807, 2.05) is 6.92 Å². The molecular weight excluding hydrogens is 172 g/mol. The van der Waals surface area contributed by atoms with Crippen molar-refractivity contribution < 1.29 is 8.78 Å². The minimum absolute atomic E-state index is 0.355. The minimum Gasteiger partial charge on any atom is -0.308 e. The van der Waals surface area contributed by atoms with Crippen LogP contribution in [0.3, 0.4) is 0 Å². The monoisotopic (exact) mass is 185 g/mol. The molecule has 0 aliphatic carbocycles. The third-order valence-electron chi connectivity index (χ3n) is 1.89. The summed E-state index contributed by atoms with van der Waals surface area (Å²) in [7, 11) is 0. The Labute approximate surface area is 76.8 Å². The lowest BCUT2D eigenvalue weighted by atomic mass is 10.1. The number of rotatable bonds is 4. The molecule has 1 aromatic rings. The van der Waals surface area contributed by atoms with Crippen molar-refractivity contribution in [1.29, 1.82) is 0 Å². The van der Waals surface area contributed by atoms with Gasteiger partial charge in [-0.25, -0.2) is 8.78 Å². The second-order valence-corrected chi connectivity index (χ2v) is 2.79. The van der Waals surface area contributed by atoms with Crippen LogP contribution in [-0.2, 0) is 0 Å². The van der Waals surface area contributed by atoms with Crippen LogP contribution in [-0.4, -0.2) is 13.2 Å². The summed E-state index contributed by atoms with van der Waals surface area (Å²) < 4.78 is 25.6. The quantitative estimate of drug-likeness (QED) is 0.759. The Morgan fingerprint density at radius 3 is 2.62 bits per heavy atom. The predicted octanol–water partition coefficient (Wildman–Crippen LogP) is 2.45. The van der Waals surface area contributed by atoms with E-state index in [9.17, 15) is 8.78 Å². The van der Waals surface area contributed by atoms with Crippen LogP contribution in [0.2, 0.25) is 0 Å². The molecule has 1 nitrogen and oxygen atoms in total. The molecule has 0 aliphatic heterocycles. The molecule has 1 atom stereocenters. The molecule has 13 heavy (non-hydrogen) atoms. The van der Waals surface area contributed by atoms with Crippen LogP contribution in [0.25, 0.3) is 0 Å². The van der Waals surface area contributed by atoms with Crippen LogP contribution in [0.4, 0.5) is 8.78 Å². The highest BCUT2D eigenvalue weighted by Gasteiger charge is 2.12. The van der Waals surface area contributed by atoms with Gasteiger partial charge < -0.3 is 5.32 Å². The number of halogens is 2. The van der Waals surface area contributed by atoms with E-state index in [1.54, 1.807) is 18.2 Å². The highest BCUT2D eigenvalue weighted by Crippen LogP contribution is 2.16. The fraction of sp³-hybridized carbons (Fsp3) is 0.400. The largest absolute Gasteiger partial charge is 0.308 e. The third kappa shape index (κ3) is 2.49. The van der Waals surface area contributed by atoms with Crippen LogP contribution in [0, 0.1) is 5.82 Å². The average molecular weight is 185 g/mol. The van der Waals surface area contributed by atoms with Gasteiger partial charge in [-0.2, -0.15) is 0 Å². The van der Waals surface area contributed by atoms with Crippen molar-refractivity contribution in [3.63, 3.8) is 0 Å². The van der Waals surface area contributed by atoms with Gasteiger partial charge in [-0.3, -0.25) is 0 Å². The van der Waals surface area contributed by atoms with Crippen molar-refractivity contribution in [2.75, 3.05) is 13.2 Å². The highest BCUT2D eigenvalue weighted by molar-refractivity contribution is 5.21. The van der Waals surface area contributed by atoms with E-state index in [4.69, 9.17) is 0 Å². The van der Waals surface area contributed by atoms with Crippen LogP contribution in [0.5, 0.6) is 0 Å². The molecule has 0 fully saturated rings. The van der Waals surface area contributed by atoms with Crippen LogP contribution < -0.4 is 5.32 Å². The molecule has 0 aliphatic rings. The minimum atomic E-state index is -0.589. The van der Waals surface area contributed by atoms with Gasteiger partial charge >= 0.3 is 0 Å². The van der Waals surface area contributed by atoms with Gasteiger partial charge in [0.1, 0.15) is 12.5 Å². The second kappa shape index (κ2) is 4.92. The molecule has 0 saturated heterocycles. The Balaban J connectivity index is 2.84. The first-order valence-electron chi connectivity index (χ1n) is 4.33. The topological polar surface area (TPSA) is 12.0 Å². The Morgan fingerprint density at radius 1 is 1.38 bits per heavy atom. The molecule has 0 aromatic heterocycles. The van der Waals surface area contributed by atoms with Crippen LogP contribution in [0.15, 0.2) is 24.3 Å². The lowest BCUT2D eigenvalue weighted by Gasteiger charge is -2.14. The molecule has 0 heterocycles. The van der Waals surface area contributed by atoms with Gasteiger partial charge in [-0.1, -0.05) is 25.1 Å². The normalized spacial score (nSPS) is 12.8. The van der Waals surface area contributed by atoms with Gasteiger partial charge in [0.15, 0.2) is 0 Å². The van der Waals surface area contributed by atoms with Crippen molar-refractivity contribution in [1.82, 2.24) is 5.32 Å². The summed E-state index contributed by atoms with van der Waals surface area (Å²) in [4.78, 5) is 0. The van der Waals surface area contributed by atoms with E-state index in [-0.39, 0.29) is 5.82 Å². The van der Waals surface area contributed by atoms with Gasteiger partial charge in [0.25, 0.3) is 0 Å². The van der Waals surface area contributed by atoms with Gasteiger partial charge in [-0.05, 0) is 12.6 Å². The standard InChI is InChI=1S/C10H13F2N/c1-2-13-10(7-11)8-5-3-4-6-9(8)12/h3-6,10,13H,2,7H2,1H3. The van der Waals surface area contributed by atoms with Gasteiger partial charge in [0.2, 0.25) is 0 Å². The van der Waals surface area contributed by atoms with Crippen LogP contribution in [0.1, 0.15) is 18.5 Å². The molecule has 1 unspecified atom stereocenters. The molecule has 1 N–H and O–H groups in total. The van der Waals surface area contributed by atoms with E-state index in [0.29, 0.717) is 12.1 Å². The SMILES string of the molecule is CCNC(CF)c1ccccc1F. The predicted molar refractivity (Wildman–Crippen MR) is 48.8 cm³/mol. The van der Waals surface area contributed by atoms with E-state index >= 15 is 0 Å². The Morgan fingerprint density at radius 2 is 2.08 bits per heavy atom. The maximum Gasteiger partial charge on any atom is 0.128 e. The molecule has 0 saturated carbocycles. The third-order valence-corrected chi connectivity index (χ3v) is 1.89. The van der Waals surface area contributed by atoms with E-state index in [1.165, 1.54) is 6.07 Å². The number of benzene rings is 1. The first-order chi connectivity index (χ1) is 6.29. The lowest BCUT2D eigenvalue weighted by Crippen LogP contribution is -2.23. The van der Waals surface area contributed by atoms with E-state index in [2.05, 4.69) is 5.32 Å². The van der Waals surface area contributed by atoms with Crippen molar-refractivity contribution >= 4 is 0 Å². The first kappa shape index (κ1) is 10.1. The Hall–Kier alpha value is -0.960. The maximum atomic E-state index is 13.1. The summed E-state index contributed by atoms with van der Waals surface area (Å²) in [6.45, 7) is 1.90. The summed E-state index contributed by atoms with van der Waals surface area (Å²) >= 11 is 0. The summed E-state index contributed by atoms with van der Waals surface area (Å²) in [6.07, 6.45) is 0. The number of hydrogen-bond donors (Lipinski definition) is 1. The zero-order chi connectivity index (χ0) is 9.68. The van der Waals surface area contributed by atoms with Gasteiger partial charge in [-0.15, -0.1) is 0 Å². The van der Waals surface area contributed by atoms with Crippen molar-refractivity contribution in [2.45, 2.75) is 13.0 Å². The van der Waals surface area contributed by atoms with Crippen molar-refractivity contribution in [3.05, 3.63) is 35.6 Å². The molecule has 3 heteroatoms. The number of alkyl halides is 1. The fourth-order valence-electron chi connectivity index (χ4n) is 1.25. The maximum absolute atomic E-state index is 13.1. The molecule has 72 valence electrons. The molecule has 1 aromatic carbocycles. The highest BCUT2D eigenvalue weighted by atomic mass is 19.1. The van der Waals surface area contributed by atoms with Gasteiger partial charge in [0, 0.05) is 5.56 Å². The molecule has 0 amide bonds. The summed E-state index contributed by atoms with van der Waals surface area (Å²) in [5.74, 6) is -0.355. The van der Waals surface area contributed by atoms with Crippen LogP contribution >= 0.6 is 0 Å².